The maximum Gasteiger partial charge on any atom is 0.147 e. The van der Waals surface area contributed by atoms with Gasteiger partial charge in [0.15, 0.2) is 0 Å². The van der Waals surface area contributed by atoms with Crippen molar-refractivity contribution in [1.82, 2.24) is 20.1 Å². The zero-order chi connectivity index (χ0) is 15.6. The van der Waals surface area contributed by atoms with Crippen LogP contribution in [0.5, 0.6) is 0 Å². The van der Waals surface area contributed by atoms with Crippen molar-refractivity contribution in [1.29, 1.82) is 0 Å². The molecule has 1 N–H and O–H groups in total. The number of aryl methyl sites for hydroxylation is 1. The number of rotatable bonds is 6. The fraction of sp³-hybridized carbons (Fsp3) is 0.882. The lowest BCUT2D eigenvalue weighted by atomic mass is 9.58. The SMILES string of the molecule is CCC1(CC)C(NCc2nnc3n2CCCCC3)CC1OC. The summed E-state index contributed by atoms with van der Waals surface area (Å²) >= 11 is 0. The molecule has 0 aromatic carbocycles. The van der Waals surface area contributed by atoms with Crippen LogP contribution in [0.2, 0.25) is 0 Å². The molecule has 124 valence electrons. The molecule has 1 aliphatic heterocycles. The number of nitrogens with one attached hydrogen (secondary N) is 1. The maximum atomic E-state index is 5.69. The third-order valence-corrected chi connectivity index (χ3v) is 6.08. The van der Waals surface area contributed by atoms with Crippen LogP contribution in [0.15, 0.2) is 0 Å². The summed E-state index contributed by atoms with van der Waals surface area (Å²) in [7, 11) is 1.85. The highest BCUT2D eigenvalue weighted by molar-refractivity contribution is 5.07. The van der Waals surface area contributed by atoms with Gasteiger partial charge in [-0.3, -0.25) is 0 Å². The highest BCUT2D eigenvalue weighted by Gasteiger charge is 2.52. The molecule has 1 saturated carbocycles. The van der Waals surface area contributed by atoms with Crippen LogP contribution in [-0.4, -0.2) is 34.0 Å². The van der Waals surface area contributed by atoms with Crippen molar-refractivity contribution in [2.45, 2.75) is 84.0 Å². The zero-order valence-corrected chi connectivity index (χ0v) is 14.3. The van der Waals surface area contributed by atoms with Gasteiger partial charge < -0.3 is 14.6 Å². The van der Waals surface area contributed by atoms with E-state index in [1.54, 1.807) is 0 Å². The van der Waals surface area contributed by atoms with Crippen LogP contribution in [0.1, 0.15) is 64.0 Å². The molecule has 0 bridgehead atoms. The molecule has 2 atom stereocenters. The molecule has 0 amide bonds. The highest BCUT2D eigenvalue weighted by atomic mass is 16.5. The normalized spacial score (nSPS) is 27.0. The van der Waals surface area contributed by atoms with Gasteiger partial charge in [0.25, 0.3) is 0 Å². The number of hydrogen-bond donors (Lipinski definition) is 1. The fourth-order valence-corrected chi connectivity index (χ4v) is 4.45. The molecular formula is C17H30N4O. The van der Waals surface area contributed by atoms with Crippen LogP contribution in [0, 0.1) is 5.41 Å². The van der Waals surface area contributed by atoms with E-state index in [9.17, 15) is 0 Å². The Morgan fingerprint density at radius 3 is 2.77 bits per heavy atom. The van der Waals surface area contributed by atoms with E-state index in [0.29, 0.717) is 12.1 Å². The molecule has 3 rings (SSSR count). The van der Waals surface area contributed by atoms with Gasteiger partial charge in [0.2, 0.25) is 0 Å². The summed E-state index contributed by atoms with van der Waals surface area (Å²) < 4.78 is 8.02. The first-order valence-electron chi connectivity index (χ1n) is 8.92. The Bertz CT molecular complexity index is 495. The Morgan fingerprint density at radius 1 is 1.23 bits per heavy atom. The van der Waals surface area contributed by atoms with Gasteiger partial charge in [-0.05, 0) is 32.1 Å². The number of fused-ring (bicyclic) bond motifs is 1. The lowest BCUT2D eigenvalue weighted by Gasteiger charge is -2.55. The molecule has 5 heteroatoms. The van der Waals surface area contributed by atoms with Gasteiger partial charge >= 0.3 is 0 Å². The van der Waals surface area contributed by atoms with Crippen LogP contribution in [0.25, 0.3) is 0 Å². The first-order chi connectivity index (χ1) is 10.7. The molecule has 2 heterocycles. The van der Waals surface area contributed by atoms with E-state index in [2.05, 4.69) is 33.9 Å². The summed E-state index contributed by atoms with van der Waals surface area (Å²) in [6, 6.07) is 0.533. The topological polar surface area (TPSA) is 52.0 Å². The minimum absolute atomic E-state index is 0.288. The van der Waals surface area contributed by atoms with Gasteiger partial charge in [0, 0.05) is 31.5 Å². The van der Waals surface area contributed by atoms with Crippen molar-refractivity contribution in [2.24, 2.45) is 5.41 Å². The number of methoxy groups -OCH3 is 1. The number of hydrogen-bond acceptors (Lipinski definition) is 4. The minimum Gasteiger partial charge on any atom is -0.381 e. The second-order valence-electron chi connectivity index (χ2n) is 6.83. The van der Waals surface area contributed by atoms with Crippen molar-refractivity contribution in [3.63, 3.8) is 0 Å². The maximum absolute atomic E-state index is 5.69. The third kappa shape index (κ3) is 2.58. The van der Waals surface area contributed by atoms with E-state index < -0.39 is 0 Å². The molecule has 0 radical (unpaired) electrons. The molecule has 5 nitrogen and oxygen atoms in total. The van der Waals surface area contributed by atoms with Crippen molar-refractivity contribution >= 4 is 0 Å². The van der Waals surface area contributed by atoms with Crippen molar-refractivity contribution < 1.29 is 4.74 Å². The van der Waals surface area contributed by atoms with Crippen LogP contribution in [0.4, 0.5) is 0 Å². The Morgan fingerprint density at radius 2 is 2.05 bits per heavy atom. The van der Waals surface area contributed by atoms with E-state index in [-0.39, 0.29) is 5.41 Å². The summed E-state index contributed by atoms with van der Waals surface area (Å²) in [6.45, 7) is 6.48. The van der Waals surface area contributed by atoms with E-state index in [0.717, 1.165) is 44.6 Å². The number of nitrogens with zero attached hydrogens (tertiary/aromatic N) is 3. The molecule has 1 aliphatic carbocycles. The molecule has 1 aromatic heterocycles. The van der Waals surface area contributed by atoms with Gasteiger partial charge in [-0.15, -0.1) is 10.2 Å². The fourth-order valence-electron chi connectivity index (χ4n) is 4.45. The van der Waals surface area contributed by atoms with Gasteiger partial charge in [0.1, 0.15) is 11.6 Å². The third-order valence-electron chi connectivity index (χ3n) is 6.08. The molecule has 1 aromatic rings. The molecular weight excluding hydrogens is 276 g/mol. The highest BCUT2D eigenvalue weighted by Crippen LogP contribution is 2.48. The standard InChI is InChI=1S/C17H30N4O/c1-4-17(5-2)13(11-14(17)22-3)18-12-16-20-19-15-9-7-6-8-10-21(15)16/h13-14,18H,4-12H2,1-3H3. The molecule has 0 spiro atoms. The lowest BCUT2D eigenvalue weighted by molar-refractivity contribution is -0.124. The first kappa shape index (κ1) is 15.9. The average Bonchev–Trinajstić information content (AvgIpc) is 2.75. The Labute approximate surface area is 133 Å². The lowest BCUT2D eigenvalue weighted by Crippen LogP contribution is -2.63. The molecule has 2 unspecified atom stereocenters. The Balaban J connectivity index is 1.65. The van der Waals surface area contributed by atoms with Gasteiger partial charge in [0.05, 0.1) is 12.6 Å². The van der Waals surface area contributed by atoms with Crippen LogP contribution in [-0.2, 0) is 24.2 Å². The zero-order valence-electron chi connectivity index (χ0n) is 14.3. The molecule has 22 heavy (non-hydrogen) atoms. The van der Waals surface area contributed by atoms with Gasteiger partial charge in [-0.2, -0.15) is 0 Å². The summed E-state index contributed by atoms with van der Waals surface area (Å²) in [5.74, 6) is 2.29. The summed E-state index contributed by atoms with van der Waals surface area (Å²) in [5, 5.41) is 12.6. The first-order valence-corrected chi connectivity index (χ1v) is 8.92. The van der Waals surface area contributed by atoms with Crippen molar-refractivity contribution in [3.05, 3.63) is 11.6 Å². The molecule has 0 saturated heterocycles. The quantitative estimate of drug-likeness (QED) is 0.878. The summed E-state index contributed by atoms with van der Waals surface area (Å²) in [6.07, 6.45) is 8.73. The Kier molecular flexibility index (Phi) is 4.83. The van der Waals surface area contributed by atoms with Crippen molar-refractivity contribution in [2.75, 3.05) is 7.11 Å². The van der Waals surface area contributed by atoms with Crippen LogP contribution in [0.3, 0.4) is 0 Å². The minimum atomic E-state index is 0.288. The van der Waals surface area contributed by atoms with E-state index >= 15 is 0 Å². The van der Waals surface area contributed by atoms with Crippen LogP contribution < -0.4 is 5.32 Å². The summed E-state index contributed by atoms with van der Waals surface area (Å²) in [5.41, 5.74) is 0.288. The second kappa shape index (κ2) is 6.67. The smallest absolute Gasteiger partial charge is 0.147 e. The van der Waals surface area contributed by atoms with Gasteiger partial charge in [-0.1, -0.05) is 20.3 Å². The molecule has 2 aliphatic rings. The predicted octanol–water partition coefficient (Wildman–Crippen LogP) is 2.69. The van der Waals surface area contributed by atoms with E-state index in [1.807, 2.05) is 7.11 Å². The van der Waals surface area contributed by atoms with E-state index in [1.165, 1.54) is 25.1 Å². The van der Waals surface area contributed by atoms with E-state index in [4.69, 9.17) is 4.74 Å². The van der Waals surface area contributed by atoms with Crippen LogP contribution >= 0.6 is 0 Å². The van der Waals surface area contributed by atoms with Gasteiger partial charge in [-0.25, -0.2) is 0 Å². The number of aromatic nitrogens is 3. The predicted molar refractivity (Wildman–Crippen MR) is 86.6 cm³/mol. The monoisotopic (exact) mass is 306 g/mol. The Hall–Kier alpha value is -0.940. The van der Waals surface area contributed by atoms with Crippen molar-refractivity contribution in [3.8, 4) is 0 Å². The number of ether oxygens (including phenoxy) is 1. The summed E-state index contributed by atoms with van der Waals surface area (Å²) in [4.78, 5) is 0. The largest absolute Gasteiger partial charge is 0.381 e. The molecule has 1 fully saturated rings. The average molecular weight is 306 g/mol. The second-order valence-corrected chi connectivity index (χ2v) is 6.83.